The molecule has 1 saturated heterocycles. The second kappa shape index (κ2) is 5.86. The number of rotatable bonds is 5. The van der Waals surface area contributed by atoms with Gasteiger partial charge in [-0.1, -0.05) is 0 Å². The average Bonchev–Trinajstić information content (AvgIpc) is 3.04. The van der Waals surface area contributed by atoms with Crippen molar-refractivity contribution in [1.29, 1.82) is 0 Å². The Hall–Kier alpha value is -1.87. The van der Waals surface area contributed by atoms with Crippen LogP contribution in [-0.2, 0) is 21.4 Å². The summed E-state index contributed by atoms with van der Waals surface area (Å²) in [5, 5.41) is 11.3. The van der Waals surface area contributed by atoms with Crippen molar-refractivity contribution in [2.75, 3.05) is 12.8 Å². The van der Waals surface area contributed by atoms with Crippen molar-refractivity contribution in [3.05, 3.63) is 23.7 Å². The molecule has 0 radical (unpaired) electrons. The van der Waals surface area contributed by atoms with Crippen LogP contribution in [0.25, 0.3) is 0 Å². The fourth-order valence-corrected chi connectivity index (χ4v) is 3.40. The largest absolute Gasteiger partial charge is 0.475 e. The Morgan fingerprint density at radius 3 is 2.76 bits per heavy atom. The van der Waals surface area contributed by atoms with Crippen LogP contribution in [0, 0.1) is 0 Å². The standard InChI is InChI=1S/C12H16N2O6S/c1-21(18,19)14-6-2-3-9(14)11(15)13-7-8-4-5-10(20-8)12(16)17/h4-5,9H,2-3,6-7H2,1H3,(H,13,15)(H,16,17)/t9-/m0/s1. The van der Waals surface area contributed by atoms with E-state index < -0.39 is 27.9 Å². The topological polar surface area (TPSA) is 117 Å². The monoisotopic (exact) mass is 316 g/mol. The van der Waals surface area contributed by atoms with Gasteiger partial charge in [0, 0.05) is 6.54 Å². The highest BCUT2D eigenvalue weighted by atomic mass is 32.2. The lowest BCUT2D eigenvalue weighted by atomic mass is 10.2. The van der Waals surface area contributed by atoms with E-state index in [0.717, 1.165) is 6.26 Å². The minimum Gasteiger partial charge on any atom is -0.475 e. The number of furan rings is 1. The Balaban J connectivity index is 1.96. The Kier molecular flexibility index (Phi) is 4.33. The smallest absolute Gasteiger partial charge is 0.371 e. The summed E-state index contributed by atoms with van der Waals surface area (Å²) >= 11 is 0. The third-order valence-electron chi connectivity index (χ3n) is 3.24. The van der Waals surface area contributed by atoms with Crippen LogP contribution in [0.4, 0.5) is 0 Å². The van der Waals surface area contributed by atoms with Crippen LogP contribution >= 0.6 is 0 Å². The van der Waals surface area contributed by atoms with Crippen LogP contribution in [0.15, 0.2) is 16.5 Å². The van der Waals surface area contributed by atoms with Crippen molar-refractivity contribution in [2.24, 2.45) is 0 Å². The highest BCUT2D eigenvalue weighted by Crippen LogP contribution is 2.20. The highest BCUT2D eigenvalue weighted by molar-refractivity contribution is 7.88. The van der Waals surface area contributed by atoms with Crippen molar-refractivity contribution < 1.29 is 27.5 Å². The summed E-state index contributed by atoms with van der Waals surface area (Å²) in [6.45, 7) is 0.348. The predicted octanol–water partition coefficient (Wildman–Crippen LogP) is 0.0180. The number of hydrogen-bond donors (Lipinski definition) is 2. The van der Waals surface area contributed by atoms with Crippen molar-refractivity contribution in [3.63, 3.8) is 0 Å². The van der Waals surface area contributed by atoms with Crippen LogP contribution in [0.3, 0.4) is 0 Å². The zero-order valence-electron chi connectivity index (χ0n) is 11.4. The molecule has 0 spiro atoms. The number of carbonyl (C=O) groups is 2. The first kappa shape index (κ1) is 15.5. The molecule has 9 heteroatoms. The number of carboxylic acids is 1. The maximum absolute atomic E-state index is 12.0. The number of carbonyl (C=O) groups excluding carboxylic acids is 1. The Bertz CT molecular complexity index is 650. The molecule has 2 N–H and O–H groups in total. The maximum atomic E-state index is 12.0. The Labute approximate surface area is 121 Å². The molecule has 2 heterocycles. The Morgan fingerprint density at radius 2 is 2.19 bits per heavy atom. The van der Waals surface area contributed by atoms with Gasteiger partial charge in [-0.25, -0.2) is 13.2 Å². The molecule has 1 amide bonds. The van der Waals surface area contributed by atoms with Gasteiger partial charge in [-0.15, -0.1) is 0 Å². The number of aromatic carboxylic acids is 1. The van der Waals surface area contributed by atoms with Crippen molar-refractivity contribution >= 4 is 21.9 Å². The average molecular weight is 316 g/mol. The second-order valence-corrected chi connectivity index (χ2v) is 6.76. The van der Waals surface area contributed by atoms with E-state index in [1.165, 1.54) is 16.4 Å². The molecular formula is C12H16N2O6S. The van der Waals surface area contributed by atoms with Gasteiger partial charge in [-0.2, -0.15) is 4.31 Å². The van der Waals surface area contributed by atoms with E-state index in [2.05, 4.69) is 5.32 Å². The number of nitrogens with one attached hydrogen (secondary N) is 1. The quantitative estimate of drug-likeness (QED) is 0.791. The van der Waals surface area contributed by atoms with E-state index in [-0.39, 0.29) is 12.3 Å². The van der Waals surface area contributed by atoms with Crippen molar-refractivity contribution in [1.82, 2.24) is 9.62 Å². The minimum absolute atomic E-state index is 0.0141. The van der Waals surface area contributed by atoms with Crippen LogP contribution in [0.5, 0.6) is 0 Å². The zero-order valence-corrected chi connectivity index (χ0v) is 12.2. The number of carboxylic acid groups (broad SMARTS) is 1. The molecule has 1 aliphatic rings. The van der Waals surface area contributed by atoms with Gasteiger partial charge in [0.15, 0.2) is 0 Å². The normalized spacial score (nSPS) is 19.6. The lowest BCUT2D eigenvalue weighted by molar-refractivity contribution is -0.124. The van der Waals surface area contributed by atoms with E-state index in [1.54, 1.807) is 0 Å². The lowest BCUT2D eigenvalue weighted by Gasteiger charge is -2.21. The SMILES string of the molecule is CS(=O)(=O)N1CCC[C@H]1C(=O)NCc1ccc(C(=O)O)o1. The molecule has 0 aliphatic carbocycles. The number of hydrogen-bond acceptors (Lipinski definition) is 5. The molecule has 0 bridgehead atoms. The molecule has 21 heavy (non-hydrogen) atoms. The summed E-state index contributed by atoms with van der Waals surface area (Å²) in [5.74, 6) is -1.51. The molecular weight excluding hydrogens is 300 g/mol. The van der Waals surface area contributed by atoms with Crippen LogP contribution in [0.2, 0.25) is 0 Å². The summed E-state index contributed by atoms with van der Waals surface area (Å²) in [4.78, 5) is 22.7. The Morgan fingerprint density at radius 1 is 1.48 bits per heavy atom. The van der Waals surface area contributed by atoms with Crippen LogP contribution < -0.4 is 5.32 Å². The van der Waals surface area contributed by atoms with Gasteiger partial charge in [0.05, 0.1) is 12.8 Å². The predicted molar refractivity (Wildman–Crippen MR) is 72.1 cm³/mol. The molecule has 0 saturated carbocycles. The molecule has 0 aromatic carbocycles. The fraction of sp³-hybridized carbons (Fsp3) is 0.500. The van der Waals surface area contributed by atoms with E-state index in [0.29, 0.717) is 25.1 Å². The molecule has 0 unspecified atom stereocenters. The van der Waals surface area contributed by atoms with Crippen molar-refractivity contribution in [3.8, 4) is 0 Å². The molecule has 1 aromatic rings. The maximum Gasteiger partial charge on any atom is 0.371 e. The van der Waals surface area contributed by atoms with Gasteiger partial charge in [0.2, 0.25) is 21.7 Å². The first-order valence-corrected chi connectivity index (χ1v) is 8.20. The van der Waals surface area contributed by atoms with E-state index in [9.17, 15) is 18.0 Å². The summed E-state index contributed by atoms with van der Waals surface area (Å²) in [7, 11) is -3.42. The van der Waals surface area contributed by atoms with Gasteiger partial charge in [0.1, 0.15) is 11.8 Å². The first-order chi connectivity index (χ1) is 9.79. The lowest BCUT2D eigenvalue weighted by Crippen LogP contribution is -2.45. The first-order valence-electron chi connectivity index (χ1n) is 6.35. The second-order valence-electron chi connectivity index (χ2n) is 4.82. The summed E-state index contributed by atoms with van der Waals surface area (Å²) in [6, 6.07) is 2.03. The molecule has 2 rings (SSSR count). The third kappa shape index (κ3) is 3.61. The van der Waals surface area contributed by atoms with Crippen LogP contribution in [-0.4, -0.2) is 48.5 Å². The summed E-state index contributed by atoms with van der Waals surface area (Å²) in [6.07, 6.45) is 2.18. The van der Waals surface area contributed by atoms with Gasteiger partial charge in [0.25, 0.3) is 0 Å². The third-order valence-corrected chi connectivity index (χ3v) is 4.53. The van der Waals surface area contributed by atoms with Crippen molar-refractivity contribution in [2.45, 2.75) is 25.4 Å². The van der Waals surface area contributed by atoms with Gasteiger partial charge in [-0.3, -0.25) is 4.79 Å². The highest BCUT2D eigenvalue weighted by Gasteiger charge is 2.36. The molecule has 1 atom stereocenters. The fourth-order valence-electron chi connectivity index (χ4n) is 2.28. The van der Waals surface area contributed by atoms with Gasteiger partial charge < -0.3 is 14.8 Å². The van der Waals surface area contributed by atoms with E-state index in [1.807, 2.05) is 0 Å². The van der Waals surface area contributed by atoms with Gasteiger partial charge >= 0.3 is 5.97 Å². The number of nitrogens with zero attached hydrogens (tertiary/aromatic N) is 1. The summed E-state index contributed by atoms with van der Waals surface area (Å²) < 4.78 is 29.3. The number of sulfonamides is 1. The molecule has 1 aliphatic heterocycles. The molecule has 8 nitrogen and oxygen atoms in total. The van der Waals surface area contributed by atoms with Crippen LogP contribution in [0.1, 0.15) is 29.2 Å². The van der Waals surface area contributed by atoms with Gasteiger partial charge in [-0.05, 0) is 25.0 Å². The molecule has 116 valence electrons. The minimum atomic E-state index is -3.42. The van der Waals surface area contributed by atoms with E-state index >= 15 is 0 Å². The summed E-state index contributed by atoms with van der Waals surface area (Å²) in [5.41, 5.74) is 0. The molecule has 1 fully saturated rings. The molecule has 1 aromatic heterocycles. The zero-order chi connectivity index (χ0) is 15.6. The number of amides is 1. The van der Waals surface area contributed by atoms with E-state index in [4.69, 9.17) is 9.52 Å².